The summed E-state index contributed by atoms with van der Waals surface area (Å²) < 4.78 is 41.2. The number of carbonyl (C=O) groups is 1. The Hall–Kier alpha value is -1.57. The molecule has 22 heavy (non-hydrogen) atoms. The third-order valence-electron chi connectivity index (χ3n) is 3.39. The Morgan fingerprint density at radius 1 is 1.45 bits per heavy atom. The van der Waals surface area contributed by atoms with E-state index in [4.69, 9.17) is 0 Å². The second-order valence-electron chi connectivity index (χ2n) is 5.72. The zero-order chi connectivity index (χ0) is 17.1. The number of hydrogen-bond donors (Lipinski definition) is 1. The summed E-state index contributed by atoms with van der Waals surface area (Å²) in [6, 6.07) is 0. The highest BCUT2D eigenvalue weighted by molar-refractivity contribution is 5.77. The van der Waals surface area contributed by atoms with E-state index in [0.29, 0.717) is 6.54 Å². The average Bonchev–Trinajstić information content (AvgIpc) is 2.80. The molecular weight excluding hydrogens is 299 g/mol. The molecule has 126 valence electrons. The zero-order valence-corrected chi connectivity index (χ0v) is 13.2. The van der Waals surface area contributed by atoms with E-state index in [1.807, 2.05) is 13.8 Å². The van der Waals surface area contributed by atoms with Gasteiger partial charge in [0.2, 0.25) is 11.5 Å². The lowest BCUT2D eigenvalue weighted by molar-refractivity contribution is -0.272. The van der Waals surface area contributed by atoms with Crippen molar-refractivity contribution in [2.45, 2.75) is 39.0 Å². The van der Waals surface area contributed by atoms with Crippen LogP contribution in [-0.2, 0) is 17.4 Å². The molecule has 1 heterocycles. The van der Waals surface area contributed by atoms with Gasteiger partial charge in [0, 0.05) is 32.5 Å². The Morgan fingerprint density at radius 3 is 2.41 bits per heavy atom. The Kier molecular flexibility index (Phi) is 5.61. The molecule has 1 aromatic rings. The first-order valence-electron chi connectivity index (χ1n) is 7.07. The van der Waals surface area contributed by atoms with Gasteiger partial charge in [-0.15, -0.1) is 0 Å². The van der Waals surface area contributed by atoms with Gasteiger partial charge in [-0.1, -0.05) is 13.8 Å². The predicted molar refractivity (Wildman–Crippen MR) is 74.9 cm³/mol. The normalized spacial score (nSPS) is 15.0. The number of halogens is 3. The van der Waals surface area contributed by atoms with Gasteiger partial charge in [-0.2, -0.15) is 13.2 Å². The van der Waals surface area contributed by atoms with Gasteiger partial charge >= 0.3 is 6.18 Å². The van der Waals surface area contributed by atoms with Crippen molar-refractivity contribution in [2.24, 2.45) is 13.0 Å². The van der Waals surface area contributed by atoms with Crippen LogP contribution in [0.25, 0.3) is 0 Å². The number of amides is 1. The van der Waals surface area contributed by atoms with Crippen LogP contribution in [-0.4, -0.2) is 44.7 Å². The molecule has 8 heteroatoms. The lowest BCUT2D eigenvalue weighted by atomic mass is 9.96. The summed E-state index contributed by atoms with van der Waals surface area (Å²) in [5, 5.41) is 10.2. The number of imidazole rings is 1. The number of alkyl halides is 3. The number of carbonyl (C=O) groups excluding carboxylic acids is 1. The molecule has 1 rings (SSSR count). The summed E-state index contributed by atoms with van der Waals surface area (Å²) in [5.41, 5.74) is -3.30. The highest BCUT2D eigenvalue weighted by atomic mass is 19.4. The number of aromatic nitrogens is 2. The Balaban J connectivity index is 3.11. The molecule has 0 fully saturated rings. The fourth-order valence-electron chi connectivity index (χ4n) is 2.25. The second kappa shape index (κ2) is 6.68. The van der Waals surface area contributed by atoms with Gasteiger partial charge in [-0.05, 0) is 12.8 Å². The van der Waals surface area contributed by atoms with Crippen molar-refractivity contribution in [3.63, 3.8) is 0 Å². The van der Waals surface area contributed by atoms with E-state index in [1.54, 1.807) is 6.92 Å². The topological polar surface area (TPSA) is 58.4 Å². The number of rotatable bonds is 6. The minimum absolute atomic E-state index is 0.121. The van der Waals surface area contributed by atoms with Gasteiger partial charge in [0.1, 0.15) is 0 Å². The van der Waals surface area contributed by atoms with Crippen LogP contribution in [0.1, 0.15) is 33.0 Å². The maximum atomic E-state index is 13.4. The summed E-state index contributed by atoms with van der Waals surface area (Å²) in [7, 11) is 1.34. The maximum Gasteiger partial charge on any atom is 0.425 e. The van der Waals surface area contributed by atoms with E-state index in [2.05, 4.69) is 4.98 Å². The van der Waals surface area contributed by atoms with E-state index in [-0.39, 0.29) is 12.5 Å². The van der Waals surface area contributed by atoms with E-state index in [9.17, 15) is 23.1 Å². The van der Waals surface area contributed by atoms with Gasteiger partial charge < -0.3 is 14.6 Å². The summed E-state index contributed by atoms with van der Waals surface area (Å²) in [4.78, 5) is 17.1. The number of nitrogens with zero attached hydrogens (tertiary/aromatic N) is 3. The molecule has 0 aromatic carbocycles. The van der Waals surface area contributed by atoms with Gasteiger partial charge in [-0.3, -0.25) is 4.79 Å². The van der Waals surface area contributed by atoms with Crippen molar-refractivity contribution in [3.8, 4) is 0 Å². The van der Waals surface area contributed by atoms with Gasteiger partial charge in [0.15, 0.2) is 5.82 Å². The molecule has 0 saturated heterocycles. The van der Waals surface area contributed by atoms with Gasteiger partial charge in [0.25, 0.3) is 0 Å². The molecule has 1 N–H and O–H groups in total. The van der Waals surface area contributed by atoms with Crippen LogP contribution >= 0.6 is 0 Å². The standard InChI is InChI=1S/C14H22F3N3O2/c1-5-20(9-10(2)3)11(21)8-13(22,14(15,16)17)12-18-6-7-19(12)4/h6-7,10,22H,5,8-9H2,1-4H3. The number of aliphatic hydroxyl groups is 1. The molecule has 1 aromatic heterocycles. The van der Waals surface area contributed by atoms with E-state index in [0.717, 1.165) is 10.8 Å². The van der Waals surface area contributed by atoms with Crippen LogP contribution in [0.3, 0.4) is 0 Å². The Morgan fingerprint density at radius 2 is 2.05 bits per heavy atom. The van der Waals surface area contributed by atoms with Crippen molar-refractivity contribution in [2.75, 3.05) is 13.1 Å². The van der Waals surface area contributed by atoms with Crippen LogP contribution < -0.4 is 0 Å². The predicted octanol–water partition coefficient (Wildman–Crippen LogP) is 2.06. The fourth-order valence-corrected chi connectivity index (χ4v) is 2.25. The van der Waals surface area contributed by atoms with Gasteiger partial charge in [0.05, 0.1) is 6.42 Å². The smallest absolute Gasteiger partial charge is 0.374 e. The first-order chi connectivity index (χ1) is 10.0. The molecule has 0 aliphatic carbocycles. The highest BCUT2D eigenvalue weighted by Gasteiger charge is 2.58. The summed E-state index contributed by atoms with van der Waals surface area (Å²) in [6.07, 6.45) is -3.63. The third kappa shape index (κ3) is 3.79. The number of hydrogen-bond acceptors (Lipinski definition) is 3. The fraction of sp³-hybridized carbons (Fsp3) is 0.714. The second-order valence-corrected chi connectivity index (χ2v) is 5.72. The molecular formula is C14H22F3N3O2. The number of aryl methyl sites for hydroxylation is 1. The SMILES string of the molecule is CCN(CC(C)C)C(=O)CC(O)(c1nccn1C)C(F)(F)F. The van der Waals surface area contributed by atoms with E-state index in [1.165, 1.54) is 18.1 Å². The molecule has 1 amide bonds. The molecule has 5 nitrogen and oxygen atoms in total. The third-order valence-corrected chi connectivity index (χ3v) is 3.39. The van der Waals surface area contributed by atoms with Crippen LogP contribution in [0.4, 0.5) is 13.2 Å². The summed E-state index contributed by atoms with van der Waals surface area (Å²) >= 11 is 0. The molecule has 0 spiro atoms. The average molecular weight is 321 g/mol. The Labute approximate surface area is 127 Å². The van der Waals surface area contributed by atoms with Crippen molar-refractivity contribution < 1.29 is 23.1 Å². The maximum absolute atomic E-state index is 13.4. The monoisotopic (exact) mass is 321 g/mol. The molecule has 1 unspecified atom stereocenters. The van der Waals surface area contributed by atoms with Crippen LogP contribution in [0.15, 0.2) is 12.4 Å². The first kappa shape index (κ1) is 18.5. The summed E-state index contributed by atoms with van der Waals surface area (Å²) in [6.45, 7) is 6.04. The van der Waals surface area contributed by atoms with E-state index < -0.39 is 29.9 Å². The molecule has 0 saturated carbocycles. The lowest BCUT2D eigenvalue weighted by Gasteiger charge is -2.32. The van der Waals surface area contributed by atoms with Gasteiger partial charge in [-0.25, -0.2) is 4.98 Å². The van der Waals surface area contributed by atoms with Crippen molar-refractivity contribution >= 4 is 5.91 Å². The largest absolute Gasteiger partial charge is 0.425 e. The minimum atomic E-state index is -5.00. The van der Waals surface area contributed by atoms with Crippen molar-refractivity contribution in [3.05, 3.63) is 18.2 Å². The highest BCUT2D eigenvalue weighted by Crippen LogP contribution is 2.41. The minimum Gasteiger partial charge on any atom is -0.374 e. The molecule has 0 aliphatic rings. The molecule has 1 atom stereocenters. The molecule has 0 radical (unpaired) electrons. The molecule has 0 aliphatic heterocycles. The van der Waals surface area contributed by atoms with Crippen LogP contribution in [0, 0.1) is 5.92 Å². The van der Waals surface area contributed by atoms with E-state index >= 15 is 0 Å². The quantitative estimate of drug-likeness (QED) is 0.872. The first-order valence-corrected chi connectivity index (χ1v) is 7.07. The molecule has 0 bridgehead atoms. The van der Waals surface area contributed by atoms with Crippen molar-refractivity contribution in [1.29, 1.82) is 0 Å². The zero-order valence-electron chi connectivity index (χ0n) is 13.2. The lowest BCUT2D eigenvalue weighted by Crippen LogP contribution is -2.49. The summed E-state index contributed by atoms with van der Waals surface area (Å²) in [5.74, 6) is -1.22. The van der Waals surface area contributed by atoms with Crippen LogP contribution in [0.5, 0.6) is 0 Å². The van der Waals surface area contributed by atoms with Crippen LogP contribution in [0.2, 0.25) is 0 Å². The Bertz CT molecular complexity index is 514. The van der Waals surface area contributed by atoms with Crippen molar-refractivity contribution in [1.82, 2.24) is 14.5 Å².